The smallest absolute Gasteiger partial charge is 0.341 e. The number of carboxylic acids is 1. The summed E-state index contributed by atoms with van der Waals surface area (Å²) in [5.41, 5.74) is 3.19. The molecule has 0 unspecified atom stereocenters. The molecule has 0 atom stereocenters. The van der Waals surface area contributed by atoms with Gasteiger partial charge in [0.25, 0.3) is 0 Å². The summed E-state index contributed by atoms with van der Waals surface area (Å²) < 4.78 is 1.61. The van der Waals surface area contributed by atoms with Crippen LogP contribution in [0.3, 0.4) is 0 Å². The van der Waals surface area contributed by atoms with Gasteiger partial charge in [-0.2, -0.15) is 0 Å². The molecule has 1 heterocycles. The van der Waals surface area contributed by atoms with Gasteiger partial charge >= 0.3 is 5.97 Å². The lowest BCUT2D eigenvalue weighted by molar-refractivity contribution is 0.0694. The molecule has 0 amide bonds. The largest absolute Gasteiger partial charge is 0.477 e. The third-order valence-electron chi connectivity index (χ3n) is 4.52. The Morgan fingerprint density at radius 1 is 1.08 bits per heavy atom. The number of aliphatic hydroxyl groups excluding tert-OH is 1. The van der Waals surface area contributed by atoms with Crippen LogP contribution in [0.15, 0.2) is 53.5 Å². The zero-order valence-corrected chi connectivity index (χ0v) is 14.6. The molecule has 2 N–H and O–H groups in total. The number of aromatic nitrogens is 1. The number of aromatic carboxylic acids is 1. The van der Waals surface area contributed by atoms with Gasteiger partial charge in [-0.15, -0.1) is 0 Å². The summed E-state index contributed by atoms with van der Waals surface area (Å²) in [6.45, 7) is 2.20. The first-order valence-corrected chi connectivity index (χ1v) is 8.61. The molecule has 26 heavy (non-hydrogen) atoms. The van der Waals surface area contributed by atoms with Crippen LogP contribution in [0.4, 0.5) is 0 Å². The lowest BCUT2D eigenvalue weighted by atomic mass is 10.00. The molecule has 5 nitrogen and oxygen atoms in total. The van der Waals surface area contributed by atoms with Crippen molar-refractivity contribution < 1.29 is 15.0 Å². The average molecular weight is 351 g/mol. The van der Waals surface area contributed by atoms with Gasteiger partial charge in [0.05, 0.1) is 12.1 Å². The molecular weight excluding hydrogens is 330 g/mol. The Bertz CT molecular complexity index is 1020. The van der Waals surface area contributed by atoms with Crippen LogP contribution in [0.1, 0.15) is 34.0 Å². The van der Waals surface area contributed by atoms with E-state index in [0.29, 0.717) is 17.3 Å². The first-order valence-electron chi connectivity index (χ1n) is 8.61. The molecule has 3 aromatic rings. The van der Waals surface area contributed by atoms with Gasteiger partial charge in [0.15, 0.2) is 0 Å². The highest BCUT2D eigenvalue weighted by Crippen LogP contribution is 2.18. The Kier molecular flexibility index (Phi) is 5.19. The van der Waals surface area contributed by atoms with Crippen LogP contribution in [0.2, 0.25) is 0 Å². The van der Waals surface area contributed by atoms with Crippen molar-refractivity contribution in [2.45, 2.75) is 26.3 Å². The Morgan fingerprint density at radius 3 is 2.50 bits per heavy atom. The molecule has 134 valence electrons. The van der Waals surface area contributed by atoms with Gasteiger partial charge in [-0.05, 0) is 41.7 Å². The van der Waals surface area contributed by atoms with Crippen LogP contribution in [0, 0.1) is 0 Å². The van der Waals surface area contributed by atoms with E-state index < -0.39 is 11.4 Å². The minimum Gasteiger partial charge on any atom is -0.477 e. The monoisotopic (exact) mass is 351 g/mol. The minimum atomic E-state index is -1.26. The zero-order chi connectivity index (χ0) is 18.7. The molecule has 0 aliphatic carbocycles. The lowest BCUT2D eigenvalue weighted by Gasteiger charge is -2.12. The van der Waals surface area contributed by atoms with E-state index in [1.165, 1.54) is 11.8 Å². The van der Waals surface area contributed by atoms with Crippen molar-refractivity contribution in [3.63, 3.8) is 0 Å². The first-order chi connectivity index (χ1) is 12.5. The van der Waals surface area contributed by atoms with Crippen LogP contribution in [0.5, 0.6) is 0 Å². The summed E-state index contributed by atoms with van der Waals surface area (Å²) in [7, 11) is 0. The van der Waals surface area contributed by atoms with Crippen molar-refractivity contribution in [1.29, 1.82) is 0 Å². The molecule has 1 aromatic heterocycles. The van der Waals surface area contributed by atoms with E-state index in [9.17, 15) is 19.8 Å². The molecule has 0 saturated carbocycles. The van der Waals surface area contributed by atoms with Crippen molar-refractivity contribution in [3.8, 4) is 0 Å². The Labute approximate surface area is 151 Å². The molecule has 0 aliphatic rings. The van der Waals surface area contributed by atoms with E-state index in [0.717, 1.165) is 17.5 Å². The molecule has 0 saturated heterocycles. The number of carbonyl (C=O) groups is 1. The minimum absolute atomic E-state index is 0.136. The predicted octanol–water partition coefficient (Wildman–Crippen LogP) is 2.85. The standard InChI is InChI=1S/C21H21NO4/c1-2-14-4-3-5-15(10-14)11-16-6-7-19-17(12-16)20(24)18(21(25)26)13-22(19)8-9-23/h3-7,10,12-13,23H,2,8-9,11H2,1H3,(H,25,26). The van der Waals surface area contributed by atoms with E-state index in [-0.39, 0.29) is 18.7 Å². The average Bonchev–Trinajstić information content (AvgIpc) is 2.64. The second-order valence-electron chi connectivity index (χ2n) is 6.30. The summed E-state index contributed by atoms with van der Waals surface area (Å²) in [4.78, 5) is 24.0. The quantitative estimate of drug-likeness (QED) is 0.716. The van der Waals surface area contributed by atoms with Crippen LogP contribution in [0.25, 0.3) is 10.9 Å². The van der Waals surface area contributed by atoms with Gasteiger partial charge in [-0.25, -0.2) is 4.79 Å². The number of hydrogen-bond donors (Lipinski definition) is 2. The maximum absolute atomic E-state index is 12.6. The third kappa shape index (κ3) is 3.53. The van der Waals surface area contributed by atoms with E-state index in [1.807, 2.05) is 24.3 Å². The number of benzene rings is 2. The molecule has 0 spiro atoms. The second kappa shape index (κ2) is 7.54. The van der Waals surface area contributed by atoms with E-state index in [4.69, 9.17) is 0 Å². The number of aliphatic hydroxyl groups is 1. The summed E-state index contributed by atoms with van der Waals surface area (Å²) >= 11 is 0. The molecule has 5 heteroatoms. The lowest BCUT2D eigenvalue weighted by Crippen LogP contribution is -2.19. The van der Waals surface area contributed by atoms with Gasteiger partial charge in [0.1, 0.15) is 5.56 Å². The Balaban J connectivity index is 2.10. The molecule has 0 fully saturated rings. The maximum atomic E-state index is 12.6. The highest BCUT2D eigenvalue weighted by atomic mass is 16.4. The first kappa shape index (κ1) is 17.9. The molecule has 0 bridgehead atoms. The van der Waals surface area contributed by atoms with Crippen molar-refractivity contribution in [2.75, 3.05) is 6.61 Å². The highest BCUT2D eigenvalue weighted by molar-refractivity contribution is 5.92. The van der Waals surface area contributed by atoms with Crippen molar-refractivity contribution in [1.82, 2.24) is 4.57 Å². The van der Waals surface area contributed by atoms with Crippen molar-refractivity contribution in [2.24, 2.45) is 0 Å². The van der Waals surface area contributed by atoms with Crippen molar-refractivity contribution in [3.05, 3.63) is 81.1 Å². The normalized spacial score (nSPS) is 11.0. The van der Waals surface area contributed by atoms with Crippen LogP contribution in [-0.4, -0.2) is 27.4 Å². The fraction of sp³-hybridized carbons (Fsp3) is 0.238. The van der Waals surface area contributed by atoms with Gasteiger partial charge in [0.2, 0.25) is 5.43 Å². The van der Waals surface area contributed by atoms with Crippen LogP contribution in [-0.2, 0) is 19.4 Å². The van der Waals surface area contributed by atoms with Crippen LogP contribution < -0.4 is 5.43 Å². The Morgan fingerprint density at radius 2 is 1.81 bits per heavy atom. The number of pyridine rings is 1. The summed E-state index contributed by atoms with van der Waals surface area (Å²) in [5.74, 6) is -1.26. The number of hydrogen-bond acceptors (Lipinski definition) is 3. The van der Waals surface area contributed by atoms with Gasteiger partial charge in [0, 0.05) is 18.1 Å². The predicted molar refractivity (Wildman–Crippen MR) is 101 cm³/mol. The van der Waals surface area contributed by atoms with E-state index in [2.05, 4.69) is 19.1 Å². The summed E-state index contributed by atoms with van der Waals surface area (Å²) in [6.07, 6.45) is 2.92. The highest BCUT2D eigenvalue weighted by Gasteiger charge is 2.15. The Hall–Kier alpha value is -2.92. The number of fused-ring (bicyclic) bond motifs is 1. The van der Waals surface area contributed by atoms with E-state index >= 15 is 0 Å². The molecule has 0 aliphatic heterocycles. The van der Waals surface area contributed by atoms with Gasteiger partial charge < -0.3 is 14.8 Å². The third-order valence-corrected chi connectivity index (χ3v) is 4.52. The number of aryl methyl sites for hydroxylation is 1. The SMILES string of the molecule is CCc1cccc(Cc2ccc3c(c2)c(=O)c(C(=O)O)cn3CCO)c1. The summed E-state index contributed by atoms with van der Waals surface area (Å²) in [6, 6.07) is 13.8. The second-order valence-corrected chi connectivity index (χ2v) is 6.30. The zero-order valence-electron chi connectivity index (χ0n) is 14.6. The number of rotatable bonds is 6. The fourth-order valence-electron chi connectivity index (χ4n) is 3.19. The number of nitrogens with zero attached hydrogens (tertiary/aromatic N) is 1. The summed E-state index contributed by atoms with van der Waals surface area (Å²) in [5, 5.41) is 18.9. The molecule has 3 rings (SSSR count). The molecule has 2 aromatic carbocycles. The van der Waals surface area contributed by atoms with Gasteiger partial charge in [-0.1, -0.05) is 37.3 Å². The van der Waals surface area contributed by atoms with Crippen molar-refractivity contribution >= 4 is 16.9 Å². The maximum Gasteiger partial charge on any atom is 0.341 e. The molecular formula is C21H21NO4. The number of carboxylic acid groups (broad SMARTS) is 1. The van der Waals surface area contributed by atoms with Crippen LogP contribution >= 0.6 is 0 Å². The van der Waals surface area contributed by atoms with Gasteiger partial charge in [-0.3, -0.25) is 4.79 Å². The topological polar surface area (TPSA) is 79.5 Å². The molecule has 0 radical (unpaired) electrons. The van der Waals surface area contributed by atoms with E-state index in [1.54, 1.807) is 10.6 Å². The fourth-order valence-corrected chi connectivity index (χ4v) is 3.19.